The summed E-state index contributed by atoms with van der Waals surface area (Å²) in [6.45, 7) is 0. The fourth-order valence-corrected chi connectivity index (χ4v) is 0.755. The molecule has 120 valence electrons. The number of alkyl halides is 11. The Labute approximate surface area is 102 Å². The van der Waals surface area contributed by atoms with E-state index in [1.807, 2.05) is 4.74 Å². The lowest BCUT2D eigenvalue weighted by molar-refractivity contribution is -0.481. The molecule has 1 atom stereocenters. The molecule has 0 saturated heterocycles. The second-order valence-corrected chi connectivity index (χ2v) is 3.29. The highest BCUT2D eigenvalue weighted by molar-refractivity contribution is 5.51. The molecule has 0 bridgehead atoms. The van der Waals surface area contributed by atoms with Crippen LogP contribution in [-0.2, 0) is 9.53 Å². The van der Waals surface area contributed by atoms with Crippen molar-refractivity contribution < 1.29 is 57.8 Å². The molecule has 13 heteroatoms. The van der Waals surface area contributed by atoms with E-state index >= 15 is 0 Å². The minimum Gasteiger partial charge on any atom is -0.303 e. The van der Waals surface area contributed by atoms with Gasteiger partial charge < -0.3 is 4.79 Å². The van der Waals surface area contributed by atoms with Gasteiger partial charge in [0, 0.05) is 0 Å². The lowest BCUT2D eigenvalue weighted by Crippen LogP contribution is -2.59. The monoisotopic (exact) mass is 328 g/mol. The summed E-state index contributed by atoms with van der Waals surface area (Å²) in [6.07, 6.45) is -23.9. The lowest BCUT2D eigenvalue weighted by atomic mass is 10.2. The highest BCUT2D eigenvalue weighted by Crippen LogP contribution is 2.51. The number of hydrogen-bond donors (Lipinski definition) is 0. The number of rotatable bonds is 5. The average molecular weight is 328 g/mol. The second-order valence-electron chi connectivity index (χ2n) is 3.29. The Morgan fingerprint density at radius 3 is 1.40 bits per heavy atom. The van der Waals surface area contributed by atoms with E-state index in [-0.39, 0.29) is 0 Å². The fraction of sp³-hybridized carbons (Fsp3) is 0.857. The molecule has 0 saturated carbocycles. The molecule has 0 heterocycles. The summed E-state index contributed by atoms with van der Waals surface area (Å²) in [5, 5.41) is 0. The maximum Gasteiger partial charge on any atom is 0.462 e. The number of aldehydes is 1. The molecule has 2 nitrogen and oxygen atoms in total. The van der Waals surface area contributed by atoms with Gasteiger partial charge in [0.05, 0.1) is 6.42 Å². The van der Waals surface area contributed by atoms with Crippen molar-refractivity contribution in [3.8, 4) is 0 Å². The Bertz CT molecular complexity index is 357. The fourth-order valence-electron chi connectivity index (χ4n) is 0.755. The van der Waals surface area contributed by atoms with Crippen molar-refractivity contribution in [1.82, 2.24) is 0 Å². The normalized spacial score (nSPS) is 17.8. The molecule has 0 aromatic heterocycles. The summed E-state index contributed by atoms with van der Waals surface area (Å²) >= 11 is 0. The predicted octanol–water partition coefficient (Wildman–Crippen LogP) is 3.61. The minimum absolute atomic E-state index is 0.977. The summed E-state index contributed by atoms with van der Waals surface area (Å²) < 4.78 is 135. The van der Waals surface area contributed by atoms with Crippen LogP contribution in [0, 0.1) is 0 Å². The first kappa shape index (κ1) is 18.9. The summed E-state index contributed by atoms with van der Waals surface area (Å²) in [5.41, 5.74) is 0. The molecule has 0 rings (SSSR count). The van der Waals surface area contributed by atoms with Crippen LogP contribution in [0.3, 0.4) is 0 Å². The van der Waals surface area contributed by atoms with E-state index in [9.17, 15) is 53.1 Å². The van der Waals surface area contributed by atoms with Crippen molar-refractivity contribution in [3.63, 3.8) is 0 Å². The molecule has 0 amide bonds. The van der Waals surface area contributed by atoms with Gasteiger partial charge in [0.2, 0.25) is 0 Å². The van der Waals surface area contributed by atoms with E-state index in [1.165, 1.54) is 0 Å². The smallest absolute Gasteiger partial charge is 0.303 e. The molecular weight excluding hydrogens is 325 g/mol. The highest BCUT2D eigenvalue weighted by Gasteiger charge is 2.78. The molecule has 0 aromatic rings. The summed E-state index contributed by atoms with van der Waals surface area (Å²) in [4.78, 5) is 9.72. The van der Waals surface area contributed by atoms with Crippen LogP contribution in [0.25, 0.3) is 0 Å². The molecule has 0 aromatic carbocycles. The molecule has 0 N–H and O–H groups in total. The molecule has 20 heavy (non-hydrogen) atoms. The zero-order valence-electron chi connectivity index (χ0n) is 8.76. The van der Waals surface area contributed by atoms with Crippen molar-refractivity contribution >= 4 is 6.29 Å². The van der Waals surface area contributed by atoms with Crippen LogP contribution in [0.5, 0.6) is 0 Å². The zero-order chi connectivity index (χ0) is 16.6. The van der Waals surface area contributed by atoms with Crippen molar-refractivity contribution in [2.45, 2.75) is 36.7 Å². The molecule has 0 aliphatic carbocycles. The summed E-state index contributed by atoms with van der Waals surface area (Å²) in [5.74, 6) is -12.8. The number of hydrogen-bond acceptors (Lipinski definition) is 2. The Balaban J connectivity index is 5.60. The van der Waals surface area contributed by atoms with Crippen LogP contribution in [0.2, 0.25) is 0 Å². The van der Waals surface area contributed by atoms with Crippen molar-refractivity contribution in [2.24, 2.45) is 0 Å². The van der Waals surface area contributed by atoms with Crippen molar-refractivity contribution in [1.29, 1.82) is 0 Å². The summed E-state index contributed by atoms with van der Waals surface area (Å²) in [7, 11) is 0. The van der Waals surface area contributed by atoms with Gasteiger partial charge in [0.1, 0.15) is 6.29 Å². The van der Waals surface area contributed by atoms with Gasteiger partial charge in [-0.15, -0.1) is 0 Å². The highest BCUT2D eigenvalue weighted by atomic mass is 19.4. The second kappa shape index (κ2) is 5.00. The predicted molar refractivity (Wildman–Crippen MR) is 37.6 cm³/mol. The van der Waals surface area contributed by atoms with E-state index in [0.717, 1.165) is 0 Å². The third-order valence-electron chi connectivity index (χ3n) is 1.78. The first-order valence-corrected chi connectivity index (χ1v) is 4.23. The Kier molecular flexibility index (Phi) is 4.72. The topological polar surface area (TPSA) is 26.3 Å². The van der Waals surface area contributed by atoms with Crippen LogP contribution in [0.1, 0.15) is 6.42 Å². The maximum atomic E-state index is 13.0. The van der Waals surface area contributed by atoms with Crippen molar-refractivity contribution in [3.05, 3.63) is 0 Å². The van der Waals surface area contributed by atoms with E-state index in [0.29, 0.717) is 0 Å². The SMILES string of the molecule is O=CC[C@](F)(OC(F)(F)C(F)(F)C(F)(F)F)C(F)(F)F. The minimum atomic E-state index is -7.11. The van der Waals surface area contributed by atoms with Crippen LogP contribution in [-0.4, -0.2) is 36.5 Å². The Morgan fingerprint density at radius 2 is 1.15 bits per heavy atom. The molecule has 0 spiro atoms. The van der Waals surface area contributed by atoms with Crippen LogP contribution in [0.15, 0.2) is 0 Å². The molecule has 0 aliphatic rings. The van der Waals surface area contributed by atoms with Crippen LogP contribution in [0.4, 0.5) is 48.3 Å². The standard InChI is InChI=1S/C7H3F11O2/c8-3(1-2-19,5(11,12)13)20-7(17,18)4(9,10)6(14,15)16/h2H,1H2/t3-/m0/s1. The maximum absolute atomic E-state index is 13.0. The third-order valence-corrected chi connectivity index (χ3v) is 1.78. The van der Waals surface area contributed by atoms with Gasteiger partial charge in [-0.3, -0.25) is 4.74 Å². The zero-order valence-corrected chi connectivity index (χ0v) is 8.76. The van der Waals surface area contributed by atoms with Gasteiger partial charge in [0.15, 0.2) is 0 Å². The quantitative estimate of drug-likeness (QED) is 0.569. The molecule has 0 aliphatic heterocycles. The van der Waals surface area contributed by atoms with Gasteiger partial charge in [0.25, 0.3) is 0 Å². The molecule has 0 fully saturated rings. The molecular formula is C7H3F11O2. The van der Waals surface area contributed by atoms with E-state index < -0.39 is 42.9 Å². The number of ether oxygens (including phenoxy) is 1. The van der Waals surface area contributed by atoms with Gasteiger partial charge >= 0.3 is 30.2 Å². The summed E-state index contributed by atoms with van der Waals surface area (Å²) in [6, 6.07) is 0. The van der Waals surface area contributed by atoms with E-state index in [4.69, 9.17) is 0 Å². The first-order valence-electron chi connectivity index (χ1n) is 4.23. The number of carbonyl (C=O) groups excluding carboxylic acids is 1. The van der Waals surface area contributed by atoms with E-state index in [1.54, 1.807) is 0 Å². The van der Waals surface area contributed by atoms with Gasteiger partial charge in [-0.2, -0.15) is 43.9 Å². The Morgan fingerprint density at radius 1 is 0.750 bits per heavy atom. The lowest BCUT2D eigenvalue weighted by Gasteiger charge is -2.34. The Hall–Kier alpha value is -1.14. The molecule has 0 radical (unpaired) electrons. The first-order chi connectivity index (χ1) is 8.52. The van der Waals surface area contributed by atoms with Crippen LogP contribution >= 0.6 is 0 Å². The van der Waals surface area contributed by atoms with Gasteiger partial charge in [-0.1, -0.05) is 0 Å². The largest absolute Gasteiger partial charge is 0.462 e. The third kappa shape index (κ3) is 3.30. The number of halogens is 11. The number of carbonyl (C=O) groups is 1. The average Bonchev–Trinajstić information content (AvgIpc) is 2.12. The van der Waals surface area contributed by atoms with Crippen LogP contribution < -0.4 is 0 Å². The van der Waals surface area contributed by atoms with Gasteiger partial charge in [-0.25, -0.2) is 4.39 Å². The van der Waals surface area contributed by atoms with Crippen molar-refractivity contribution in [2.75, 3.05) is 0 Å². The molecule has 0 unspecified atom stereocenters. The van der Waals surface area contributed by atoms with E-state index in [2.05, 4.69) is 0 Å². The van der Waals surface area contributed by atoms with Gasteiger partial charge in [-0.05, 0) is 0 Å².